The minimum Gasteiger partial charge on any atom is -0.197 e. The molecular weight excluding hydrogens is 214 g/mol. The van der Waals surface area contributed by atoms with Crippen molar-refractivity contribution < 1.29 is 0 Å². The average molecular weight is 226 g/mol. The summed E-state index contributed by atoms with van der Waals surface area (Å²) >= 11 is 7.42. The molecule has 0 radical (unpaired) electrons. The van der Waals surface area contributed by atoms with Crippen LogP contribution < -0.4 is 0 Å². The molecule has 0 N–H and O–H groups in total. The molecule has 0 amide bonds. The average Bonchev–Trinajstić information content (AvgIpc) is 2.14. The second-order valence-corrected chi connectivity index (χ2v) is 5.02. The van der Waals surface area contributed by atoms with Crippen molar-refractivity contribution >= 4 is 23.4 Å². The molecule has 1 unspecified atom stereocenters. The highest BCUT2D eigenvalue weighted by atomic mass is 35.5. The van der Waals surface area contributed by atoms with Crippen molar-refractivity contribution in [2.24, 2.45) is 5.92 Å². The smallest absolute Gasteiger partial charge is 0.0986 e. The first-order valence-corrected chi connectivity index (χ1v) is 5.71. The summed E-state index contributed by atoms with van der Waals surface area (Å²) < 4.78 is 0. The van der Waals surface area contributed by atoms with Crippen LogP contribution in [0.4, 0.5) is 0 Å². The standard InChI is InChI=1S/C11H12ClNS/c1-8(2)11(7-13)14-10-5-3-4-9(12)6-10/h3-6,8,11H,1-2H3. The summed E-state index contributed by atoms with van der Waals surface area (Å²) in [5.74, 6) is 0.351. The summed E-state index contributed by atoms with van der Waals surface area (Å²) in [5, 5.41) is 9.64. The fraction of sp³-hybridized carbons (Fsp3) is 0.364. The second-order valence-electron chi connectivity index (χ2n) is 3.37. The molecule has 1 aromatic carbocycles. The van der Waals surface area contributed by atoms with E-state index >= 15 is 0 Å². The van der Waals surface area contributed by atoms with Gasteiger partial charge in [0.25, 0.3) is 0 Å². The third-order valence-corrected chi connectivity index (χ3v) is 3.46. The van der Waals surface area contributed by atoms with Crippen molar-refractivity contribution in [2.45, 2.75) is 24.0 Å². The summed E-state index contributed by atoms with van der Waals surface area (Å²) in [4.78, 5) is 1.05. The summed E-state index contributed by atoms with van der Waals surface area (Å²) in [6, 6.07) is 9.89. The first-order valence-electron chi connectivity index (χ1n) is 4.45. The normalized spacial score (nSPS) is 12.5. The maximum Gasteiger partial charge on any atom is 0.0986 e. The van der Waals surface area contributed by atoms with E-state index in [1.807, 2.05) is 38.1 Å². The van der Waals surface area contributed by atoms with Crippen LogP contribution in [0.15, 0.2) is 29.2 Å². The molecule has 0 aliphatic heterocycles. The van der Waals surface area contributed by atoms with E-state index in [2.05, 4.69) is 6.07 Å². The van der Waals surface area contributed by atoms with Gasteiger partial charge in [0, 0.05) is 9.92 Å². The van der Waals surface area contributed by atoms with Gasteiger partial charge in [-0.15, -0.1) is 11.8 Å². The van der Waals surface area contributed by atoms with E-state index in [0.717, 1.165) is 9.92 Å². The maximum atomic E-state index is 8.92. The highest BCUT2D eigenvalue weighted by Crippen LogP contribution is 2.29. The zero-order valence-electron chi connectivity index (χ0n) is 8.20. The Morgan fingerprint density at radius 1 is 1.43 bits per heavy atom. The highest BCUT2D eigenvalue weighted by Gasteiger charge is 2.13. The van der Waals surface area contributed by atoms with Crippen LogP contribution in [0.5, 0.6) is 0 Å². The summed E-state index contributed by atoms with van der Waals surface area (Å²) in [6.07, 6.45) is 0. The van der Waals surface area contributed by atoms with E-state index in [1.54, 1.807) is 11.8 Å². The van der Waals surface area contributed by atoms with Gasteiger partial charge in [0.15, 0.2) is 0 Å². The topological polar surface area (TPSA) is 23.8 Å². The number of hydrogen-bond acceptors (Lipinski definition) is 2. The predicted octanol–water partition coefficient (Wildman–Crippen LogP) is 3.98. The van der Waals surface area contributed by atoms with Crippen LogP contribution in [0, 0.1) is 17.2 Å². The Balaban J connectivity index is 2.73. The lowest BCUT2D eigenvalue weighted by molar-refractivity contribution is 0.685. The molecule has 0 spiro atoms. The van der Waals surface area contributed by atoms with Gasteiger partial charge in [-0.05, 0) is 24.1 Å². The molecule has 0 aromatic heterocycles. The second kappa shape index (κ2) is 5.29. The zero-order chi connectivity index (χ0) is 10.6. The van der Waals surface area contributed by atoms with Crippen LogP contribution in [0.25, 0.3) is 0 Å². The van der Waals surface area contributed by atoms with Gasteiger partial charge in [0.2, 0.25) is 0 Å². The molecule has 0 heterocycles. The fourth-order valence-corrected chi connectivity index (χ4v) is 2.22. The van der Waals surface area contributed by atoms with Crippen molar-refractivity contribution in [1.82, 2.24) is 0 Å². The Hall–Kier alpha value is -0.650. The number of rotatable bonds is 3. The van der Waals surface area contributed by atoms with Crippen molar-refractivity contribution in [3.8, 4) is 6.07 Å². The predicted molar refractivity (Wildman–Crippen MR) is 61.5 cm³/mol. The molecule has 1 aromatic rings. The van der Waals surface area contributed by atoms with Crippen LogP contribution in [-0.4, -0.2) is 5.25 Å². The summed E-state index contributed by atoms with van der Waals surface area (Å²) in [7, 11) is 0. The van der Waals surface area contributed by atoms with Gasteiger partial charge in [0.1, 0.15) is 0 Å². The van der Waals surface area contributed by atoms with Crippen molar-refractivity contribution in [3.05, 3.63) is 29.3 Å². The first-order chi connectivity index (χ1) is 6.63. The molecule has 0 saturated heterocycles. The number of halogens is 1. The van der Waals surface area contributed by atoms with Gasteiger partial charge in [-0.3, -0.25) is 0 Å². The van der Waals surface area contributed by atoms with Crippen LogP contribution in [-0.2, 0) is 0 Å². The molecule has 0 aliphatic carbocycles. The van der Waals surface area contributed by atoms with Gasteiger partial charge in [0.05, 0.1) is 11.3 Å². The highest BCUT2D eigenvalue weighted by molar-refractivity contribution is 8.00. The monoisotopic (exact) mass is 225 g/mol. The third kappa shape index (κ3) is 3.25. The Labute approximate surface area is 94.1 Å². The molecule has 0 aliphatic rings. The van der Waals surface area contributed by atoms with Crippen molar-refractivity contribution in [2.75, 3.05) is 0 Å². The molecule has 0 fully saturated rings. The molecule has 0 bridgehead atoms. The Bertz CT molecular complexity index is 343. The van der Waals surface area contributed by atoms with E-state index in [0.29, 0.717) is 5.92 Å². The molecule has 74 valence electrons. The van der Waals surface area contributed by atoms with E-state index in [4.69, 9.17) is 16.9 Å². The van der Waals surface area contributed by atoms with Crippen molar-refractivity contribution in [3.63, 3.8) is 0 Å². The lowest BCUT2D eigenvalue weighted by Crippen LogP contribution is -2.07. The van der Waals surface area contributed by atoms with Crippen LogP contribution >= 0.6 is 23.4 Å². The fourth-order valence-electron chi connectivity index (χ4n) is 0.998. The van der Waals surface area contributed by atoms with E-state index < -0.39 is 0 Å². The molecule has 1 nitrogen and oxygen atoms in total. The minimum atomic E-state index is -0.00605. The number of nitriles is 1. The molecule has 14 heavy (non-hydrogen) atoms. The molecule has 1 rings (SSSR count). The Morgan fingerprint density at radius 3 is 2.64 bits per heavy atom. The van der Waals surface area contributed by atoms with Gasteiger partial charge < -0.3 is 0 Å². The van der Waals surface area contributed by atoms with E-state index in [1.165, 1.54) is 0 Å². The first kappa shape index (κ1) is 11.4. The largest absolute Gasteiger partial charge is 0.197 e. The van der Waals surface area contributed by atoms with Crippen molar-refractivity contribution in [1.29, 1.82) is 5.26 Å². The lowest BCUT2D eigenvalue weighted by Gasteiger charge is -2.11. The van der Waals surface area contributed by atoms with Crippen LogP contribution in [0.3, 0.4) is 0 Å². The number of thioether (sulfide) groups is 1. The quantitative estimate of drug-likeness (QED) is 0.727. The Kier molecular flexibility index (Phi) is 4.31. The molecular formula is C11H12ClNS. The van der Waals surface area contributed by atoms with Gasteiger partial charge in [-0.25, -0.2) is 0 Å². The zero-order valence-corrected chi connectivity index (χ0v) is 9.77. The molecule has 3 heteroatoms. The van der Waals surface area contributed by atoms with Crippen LogP contribution in [0.2, 0.25) is 5.02 Å². The summed E-state index contributed by atoms with van der Waals surface area (Å²) in [5.41, 5.74) is 0. The van der Waals surface area contributed by atoms with Crippen LogP contribution in [0.1, 0.15) is 13.8 Å². The summed E-state index contributed by atoms with van der Waals surface area (Å²) in [6.45, 7) is 4.09. The maximum absolute atomic E-state index is 8.92. The SMILES string of the molecule is CC(C)C(C#N)Sc1cccc(Cl)c1. The van der Waals surface area contributed by atoms with Gasteiger partial charge in [-0.1, -0.05) is 31.5 Å². The van der Waals surface area contributed by atoms with Gasteiger partial charge >= 0.3 is 0 Å². The van der Waals surface area contributed by atoms with Gasteiger partial charge in [-0.2, -0.15) is 5.26 Å². The number of hydrogen-bond donors (Lipinski definition) is 0. The molecule has 0 saturated carbocycles. The van der Waals surface area contributed by atoms with E-state index in [9.17, 15) is 0 Å². The third-order valence-electron chi connectivity index (χ3n) is 1.79. The number of benzene rings is 1. The minimum absolute atomic E-state index is 0.00605. The number of nitrogens with zero attached hydrogens (tertiary/aromatic N) is 1. The van der Waals surface area contributed by atoms with E-state index in [-0.39, 0.29) is 5.25 Å². The Morgan fingerprint density at radius 2 is 2.14 bits per heavy atom. The molecule has 1 atom stereocenters. The lowest BCUT2D eigenvalue weighted by atomic mass is 10.1.